The van der Waals surface area contributed by atoms with Crippen LogP contribution in [0.5, 0.6) is 0 Å². The molecular formula is C15H17N3O4S. The molecule has 122 valence electrons. The van der Waals surface area contributed by atoms with Crippen LogP contribution >= 0.6 is 11.8 Å². The summed E-state index contributed by atoms with van der Waals surface area (Å²) in [5.74, 6) is 0.593. The number of hydrogen-bond donors (Lipinski definition) is 1. The van der Waals surface area contributed by atoms with Crippen molar-refractivity contribution in [2.45, 2.75) is 31.4 Å². The second-order valence-electron chi connectivity index (χ2n) is 5.23. The van der Waals surface area contributed by atoms with Gasteiger partial charge in [-0.3, -0.25) is 0 Å². The molecule has 7 nitrogen and oxygen atoms in total. The van der Waals surface area contributed by atoms with Crippen molar-refractivity contribution in [2.24, 2.45) is 0 Å². The van der Waals surface area contributed by atoms with E-state index in [4.69, 9.17) is 8.83 Å². The van der Waals surface area contributed by atoms with Gasteiger partial charge in [0.2, 0.25) is 5.89 Å². The van der Waals surface area contributed by atoms with Crippen LogP contribution < -0.4 is 4.90 Å². The summed E-state index contributed by atoms with van der Waals surface area (Å²) in [6.07, 6.45) is 5.02. The van der Waals surface area contributed by atoms with Crippen molar-refractivity contribution in [2.75, 3.05) is 18.0 Å². The molecule has 8 heteroatoms. The summed E-state index contributed by atoms with van der Waals surface area (Å²) in [5, 5.41) is 17.0. The maximum Gasteiger partial charge on any atom is 0.342 e. The zero-order valence-corrected chi connectivity index (χ0v) is 13.5. The Kier molecular flexibility index (Phi) is 4.71. The molecule has 3 heterocycles. The van der Waals surface area contributed by atoms with Gasteiger partial charge in [-0.1, -0.05) is 0 Å². The van der Waals surface area contributed by atoms with Crippen molar-refractivity contribution in [1.82, 2.24) is 10.2 Å². The lowest BCUT2D eigenvalue weighted by molar-refractivity contribution is -0.131. The van der Waals surface area contributed by atoms with E-state index in [9.17, 15) is 9.90 Å². The number of rotatable bonds is 5. The summed E-state index contributed by atoms with van der Waals surface area (Å²) in [7, 11) is 0. The van der Waals surface area contributed by atoms with E-state index < -0.39 is 5.97 Å². The number of carbonyl (C=O) groups is 1. The van der Waals surface area contributed by atoms with Crippen LogP contribution in [0.4, 0.5) is 5.88 Å². The Morgan fingerprint density at radius 3 is 2.70 bits per heavy atom. The minimum atomic E-state index is -1.07. The molecule has 1 N–H and O–H groups in total. The lowest BCUT2D eigenvalue weighted by Crippen LogP contribution is -2.28. The summed E-state index contributed by atoms with van der Waals surface area (Å²) < 4.78 is 11.0. The van der Waals surface area contributed by atoms with Crippen molar-refractivity contribution >= 4 is 29.7 Å². The first-order valence-electron chi connectivity index (χ1n) is 7.39. The molecule has 1 fully saturated rings. The van der Waals surface area contributed by atoms with Gasteiger partial charge in [-0.15, -0.1) is 10.2 Å². The highest BCUT2D eigenvalue weighted by Crippen LogP contribution is 2.29. The summed E-state index contributed by atoms with van der Waals surface area (Å²) >= 11 is 0.905. The molecule has 1 aliphatic rings. The number of aryl methyl sites for hydroxylation is 1. The second-order valence-corrected chi connectivity index (χ2v) is 6.22. The molecular weight excluding hydrogens is 318 g/mol. The minimum absolute atomic E-state index is 0.0631. The predicted octanol–water partition coefficient (Wildman–Crippen LogP) is 3.18. The molecule has 2 aromatic rings. The number of hydrogen-bond acceptors (Lipinski definition) is 7. The number of thioether (sulfide) groups is 1. The molecule has 1 saturated heterocycles. The minimum Gasteiger partial charge on any atom is -0.477 e. The Bertz CT molecular complexity index is 716. The molecule has 23 heavy (non-hydrogen) atoms. The Hall–Kier alpha value is -2.22. The van der Waals surface area contributed by atoms with Crippen molar-refractivity contribution in [3.8, 4) is 0 Å². The van der Waals surface area contributed by atoms with E-state index in [0.717, 1.165) is 43.6 Å². The van der Waals surface area contributed by atoms with Gasteiger partial charge in [-0.2, -0.15) is 0 Å². The van der Waals surface area contributed by atoms with Crippen molar-refractivity contribution in [3.63, 3.8) is 0 Å². The number of piperidine rings is 1. The van der Waals surface area contributed by atoms with E-state index in [1.54, 1.807) is 13.0 Å². The van der Waals surface area contributed by atoms with Gasteiger partial charge < -0.3 is 18.8 Å². The topological polar surface area (TPSA) is 92.6 Å². The highest BCUT2D eigenvalue weighted by atomic mass is 32.2. The van der Waals surface area contributed by atoms with Gasteiger partial charge in [0.15, 0.2) is 5.88 Å². The lowest BCUT2D eigenvalue weighted by Gasteiger charge is -2.25. The van der Waals surface area contributed by atoms with E-state index in [1.807, 2.05) is 6.07 Å². The van der Waals surface area contributed by atoms with Gasteiger partial charge in [0.25, 0.3) is 5.22 Å². The van der Waals surface area contributed by atoms with Crippen molar-refractivity contribution in [3.05, 3.63) is 28.7 Å². The molecule has 0 spiro atoms. The smallest absolute Gasteiger partial charge is 0.342 e. The van der Waals surface area contributed by atoms with Crippen LogP contribution in [-0.2, 0) is 4.79 Å². The van der Waals surface area contributed by atoms with Gasteiger partial charge in [0, 0.05) is 32.2 Å². The van der Waals surface area contributed by atoms with Crippen molar-refractivity contribution < 1.29 is 18.7 Å². The molecule has 0 unspecified atom stereocenters. The highest BCUT2D eigenvalue weighted by Gasteiger charge is 2.17. The fraction of sp³-hybridized carbons (Fsp3) is 0.400. The third kappa shape index (κ3) is 3.95. The average Bonchev–Trinajstić information content (AvgIpc) is 3.17. The molecule has 0 atom stereocenters. The summed E-state index contributed by atoms with van der Waals surface area (Å²) in [6, 6.07) is 3.64. The Balaban J connectivity index is 1.76. The average molecular weight is 335 g/mol. The molecule has 0 radical (unpaired) electrons. The van der Waals surface area contributed by atoms with Crippen LogP contribution in [-0.4, -0.2) is 34.4 Å². The van der Waals surface area contributed by atoms with Crippen LogP contribution in [0.1, 0.15) is 30.9 Å². The number of nitrogens with zero attached hydrogens (tertiary/aromatic N) is 3. The zero-order chi connectivity index (χ0) is 16.2. The van der Waals surface area contributed by atoms with Crippen LogP contribution in [0.2, 0.25) is 0 Å². The molecule has 1 aliphatic heterocycles. The molecule has 0 aliphatic carbocycles. The number of furan rings is 1. The summed E-state index contributed by atoms with van der Waals surface area (Å²) in [5.41, 5.74) is 0. The Labute approximate surface area is 137 Å². The summed E-state index contributed by atoms with van der Waals surface area (Å²) in [4.78, 5) is 13.6. The molecule has 3 rings (SSSR count). The zero-order valence-electron chi connectivity index (χ0n) is 12.7. The van der Waals surface area contributed by atoms with Gasteiger partial charge in [-0.25, -0.2) is 4.79 Å². The van der Waals surface area contributed by atoms with E-state index in [-0.39, 0.29) is 10.1 Å². The first kappa shape index (κ1) is 15.7. The van der Waals surface area contributed by atoms with Crippen LogP contribution in [0.3, 0.4) is 0 Å². The van der Waals surface area contributed by atoms with E-state index >= 15 is 0 Å². The van der Waals surface area contributed by atoms with Crippen molar-refractivity contribution in [1.29, 1.82) is 0 Å². The fourth-order valence-corrected chi connectivity index (χ4v) is 3.08. The lowest BCUT2D eigenvalue weighted by atomic mass is 10.1. The molecule has 0 bridgehead atoms. The van der Waals surface area contributed by atoms with Gasteiger partial charge in [-0.05, 0) is 37.1 Å². The van der Waals surface area contributed by atoms with E-state index in [1.165, 1.54) is 12.5 Å². The third-order valence-electron chi connectivity index (χ3n) is 3.47. The van der Waals surface area contributed by atoms with E-state index in [0.29, 0.717) is 11.7 Å². The standard InChI is InChI=1S/C15H17N3O4S/c1-10-16-17-15(21-10)23-12(14(19)20)9-11-5-6-13(22-11)18-7-3-2-4-8-18/h5-6,9H,2-4,7-8H2,1H3,(H,19,20)/b12-9-. The first-order chi connectivity index (χ1) is 11.1. The molecule has 0 amide bonds. The van der Waals surface area contributed by atoms with Gasteiger partial charge in [0.05, 0.1) is 0 Å². The highest BCUT2D eigenvalue weighted by molar-refractivity contribution is 8.03. The monoisotopic (exact) mass is 335 g/mol. The van der Waals surface area contributed by atoms with Crippen LogP contribution in [0.25, 0.3) is 6.08 Å². The SMILES string of the molecule is Cc1nnc(S/C(=C\c2ccc(N3CCCCC3)o2)C(=O)O)o1. The molecule has 2 aromatic heterocycles. The maximum atomic E-state index is 11.4. The fourth-order valence-electron chi connectivity index (χ4n) is 2.38. The van der Waals surface area contributed by atoms with Crippen LogP contribution in [0.15, 0.2) is 31.1 Å². The Morgan fingerprint density at radius 2 is 2.04 bits per heavy atom. The quantitative estimate of drug-likeness (QED) is 0.658. The maximum absolute atomic E-state index is 11.4. The third-order valence-corrected chi connectivity index (χ3v) is 4.32. The first-order valence-corrected chi connectivity index (χ1v) is 8.21. The normalized spacial score (nSPS) is 15.9. The number of carboxylic acid groups (broad SMARTS) is 1. The molecule has 0 aromatic carbocycles. The second kappa shape index (κ2) is 6.91. The van der Waals surface area contributed by atoms with Gasteiger partial charge in [0.1, 0.15) is 10.7 Å². The predicted molar refractivity (Wildman–Crippen MR) is 85.3 cm³/mol. The van der Waals surface area contributed by atoms with E-state index in [2.05, 4.69) is 15.1 Å². The van der Waals surface area contributed by atoms with Gasteiger partial charge >= 0.3 is 5.97 Å². The number of anilines is 1. The Morgan fingerprint density at radius 1 is 1.26 bits per heavy atom. The summed E-state index contributed by atoms with van der Waals surface area (Å²) in [6.45, 7) is 3.59. The number of aromatic nitrogens is 2. The van der Waals surface area contributed by atoms with Crippen LogP contribution in [0, 0.1) is 6.92 Å². The largest absolute Gasteiger partial charge is 0.477 e. The number of aliphatic carboxylic acids is 1. The number of carboxylic acids is 1. The molecule has 0 saturated carbocycles.